The van der Waals surface area contributed by atoms with E-state index in [4.69, 9.17) is 4.74 Å². The van der Waals surface area contributed by atoms with Gasteiger partial charge in [0.15, 0.2) is 0 Å². The molecule has 1 rings (SSSR count). The molecule has 12 heavy (non-hydrogen) atoms. The molecule has 1 saturated heterocycles. The number of hydrogen-bond acceptors (Lipinski definition) is 3. The second-order valence-corrected chi connectivity index (χ2v) is 3.14. The zero-order chi connectivity index (χ0) is 8.81. The molecule has 0 spiro atoms. The lowest BCUT2D eigenvalue weighted by Crippen LogP contribution is -2.47. The van der Waals surface area contributed by atoms with Crippen LogP contribution in [0.4, 0.5) is 0 Å². The molecule has 1 aliphatic rings. The summed E-state index contributed by atoms with van der Waals surface area (Å²) in [6, 6.07) is 0.684. The monoisotopic (exact) mass is 172 g/mol. The van der Waals surface area contributed by atoms with Crippen molar-refractivity contribution in [3.63, 3.8) is 0 Å². The minimum Gasteiger partial charge on any atom is -0.381 e. The Kier molecular flexibility index (Phi) is 4.58. The molecule has 0 aromatic carbocycles. The van der Waals surface area contributed by atoms with Gasteiger partial charge in [-0.1, -0.05) is 13.8 Å². The number of nitrogens with zero attached hydrogens (tertiary/aromatic N) is 1. The summed E-state index contributed by atoms with van der Waals surface area (Å²) in [5.41, 5.74) is 3.38. The predicted molar refractivity (Wildman–Crippen MR) is 49.9 cm³/mol. The van der Waals surface area contributed by atoms with Crippen LogP contribution >= 0.6 is 0 Å². The van der Waals surface area contributed by atoms with Crippen molar-refractivity contribution in [1.82, 2.24) is 10.4 Å². The molecule has 1 heterocycles. The minimum atomic E-state index is 0.684. The van der Waals surface area contributed by atoms with E-state index in [0.717, 1.165) is 26.3 Å². The van der Waals surface area contributed by atoms with E-state index in [-0.39, 0.29) is 0 Å². The molecule has 0 aromatic rings. The standard InChI is InChI=1S/C9H20N2O/c1-3-10-11(4-2)9-5-7-12-8-6-9/h9-10H,3-8H2,1-2H3. The highest BCUT2D eigenvalue weighted by Crippen LogP contribution is 2.11. The first-order valence-corrected chi connectivity index (χ1v) is 4.96. The zero-order valence-electron chi connectivity index (χ0n) is 8.18. The highest BCUT2D eigenvalue weighted by atomic mass is 16.5. The van der Waals surface area contributed by atoms with Crippen LogP contribution in [0.3, 0.4) is 0 Å². The van der Waals surface area contributed by atoms with Crippen molar-refractivity contribution in [2.75, 3.05) is 26.3 Å². The number of hydrazine groups is 1. The molecule has 0 aliphatic carbocycles. The Balaban J connectivity index is 2.29. The van der Waals surface area contributed by atoms with E-state index in [2.05, 4.69) is 24.3 Å². The summed E-state index contributed by atoms with van der Waals surface area (Å²) in [4.78, 5) is 0. The van der Waals surface area contributed by atoms with Gasteiger partial charge in [0.1, 0.15) is 0 Å². The Morgan fingerprint density at radius 1 is 1.33 bits per heavy atom. The van der Waals surface area contributed by atoms with E-state index in [1.807, 2.05) is 0 Å². The van der Waals surface area contributed by atoms with Gasteiger partial charge in [-0.05, 0) is 12.8 Å². The van der Waals surface area contributed by atoms with Gasteiger partial charge >= 0.3 is 0 Å². The first-order valence-electron chi connectivity index (χ1n) is 4.96. The molecule has 1 N–H and O–H groups in total. The zero-order valence-corrected chi connectivity index (χ0v) is 8.18. The lowest BCUT2D eigenvalue weighted by molar-refractivity contribution is 0.0158. The third kappa shape index (κ3) is 2.73. The van der Waals surface area contributed by atoms with Crippen LogP contribution in [0.1, 0.15) is 26.7 Å². The van der Waals surface area contributed by atoms with Gasteiger partial charge in [-0.25, -0.2) is 5.01 Å². The largest absolute Gasteiger partial charge is 0.381 e. The van der Waals surface area contributed by atoms with Crippen LogP contribution < -0.4 is 5.43 Å². The lowest BCUT2D eigenvalue weighted by Gasteiger charge is -2.33. The molecule has 0 aromatic heterocycles. The summed E-state index contributed by atoms with van der Waals surface area (Å²) >= 11 is 0. The summed E-state index contributed by atoms with van der Waals surface area (Å²) in [5, 5.41) is 2.34. The normalized spacial score (nSPS) is 20.2. The molecule has 1 fully saturated rings. The van der Waals surface area contributed by atoms with Crippen molar-refractivity contribution >= 4 is 0 Å². The molecule has 3 heteroatoms. The van der Waals surface area contributed by atoms with Crippen LogP contribution in [-0.2, 0) is 4.74 Å². The summed E-state index contributed by atoms with van der Waals surface area (Å²) in [5.74, 6) is 0. The smallest absolute Gasteiger partial charge is 0.0481 e. The number of rotatable bonds is 4. The second-order valence-electron chi connectivity index (χ2n) is 3.14. The van der Waals surface area contributed by atoms with E-state index in [9.17, 15) is 0 Å². The molecule has 0 atom stereocenters. The van der Waals surface area contributed by atoms with Crippen LogP contribution in [0.25, 0.3) is 0 Å². The Morgan fingerprint density at radius 3 is 2.50 bits per heavy atom. The van der Waals surface area contributed by atoms with E-state index in [0.29, 0.717) is 6.04 Å². The predicted octanol–water partition coefficient (Wildman–Crippen LogP) is 1.01. The summed E-state index contributed by atoms with van der Waals surface area (Å²) in [6.07, 6.45) is 2.34. The molecule has 1 aliphatic heterocycles. The Bertz CT molecular complexity index is 110. The summed E-state index contributed by atoms with van der Waals surface area (Å²) < 4.78 is 5.32. The molecule has 0 unspecified atom stereocenters. The van der Waals surface area contributed by atoms with Gasteiger partial charge < -0.3 is 4.74 Å². The van der Waals surface area contributed by atoms with Gasteiger partial charge in [0.25, 0.3) is 0 Å². The van der Waals surface area contributed by atoms with Crippen molar-refractivity contribution in [2.45, 2.75) is 32.7 Å². The number of hydrogen-bond donors (Lipinski definition) is 1. The van der Waals surface area contributed by atoms with E-state index < -0.39 is 0 Å². The third-order valence-corrected chi connectivity index (χ3v) is 2.33. The maximum atomic E-state index is 5.32. The number of nitrogens with one attached hydrogen (secondary N) is 1. The first-order chi connectivity index (χ1) is 5.88. The molecular weight excluding hydrogens is 152 g/mol. The van der Waals surface area contributed by atoms with E-state index >= 15 is 0 Å². The highest BCUT2D eigenvalue weighted by Gasteiger charge is 2.18. The average molecular weight is 172 g/mol. The van der Waals surface area contributed by atoms with Crippen LogP contribution in [0.5, 0.6) is 0 Å². The third-order valence-electron chi connectivity index (χ3n) is 2.33. The van der Waals surface area contributed by atoms with Crippen LogP contribution in [-0.4, -0.2) is 37.4 Å². The van der Waals surface area contributed by atoms with Crippen LogP contribution in [0, 0.1) is 0 Å². The lowest BCUT2D eigenvalue weighted by atomic mass is 10.1. The van der Waals surface area contributed by atoms with Gasteiger partial charge in [0.05, 0.1) is 0 Å². The molecule has 0 saturated carbocycles. The fraction of sp³-hybridized carbons (Fsp3) is 1.00. The maximum Gasteiger partial charge on any atom is 0.0481 e. The summed E-state index contributed by atoms with van der Waals surface area (Å²) in [6.45, 7) is 8.28. The van der Waals surface area contributed by atoms with Gasteiger partial charge in [-0.2, -0.15) is 0 Å². The van der Waals surface area contributed by atoms with Crippen molar-refractivity contribution in [3.05, 3.63) is 0 Å². The maximum absolute atomic E-state index is 5.32. The number of ether oxygens (including phenoxy) is 1. The van der Waals surface area contributed by atoms with Crippen molar-refractivity contribution in [2.24, 2.45) is 0 Å². The molecule has 3 nitrogen and oxygen atoms in total. The van der Waals surface area contributed by atoms with E-state index in [1.165, 1.54) is 12.8 Å². The van der Waals surface area contributed by atoms with E-state index in [1.54, 1.807) is 0 Å². The van der Waals surface area contributed by atoms with Gasteiger partial charge in [0.2, 0.25) is 0 Å². The average Bonchev–Trinajstić information content (AvgIpc) is 2.15. The minimum absolute atomic E-state index is 0.684. The van der Waals surface area contributed by atoms with Crippen LogP contribution in [0.2, 0.25) is 0 Å². The topological polar surface area (TPSA) is 24.5 Å². The Hall–Kier alpha value is -0.120. The van der Waals surface area contributed by atoms with Crippen molar-refractivity contribution < 1.29 is 4.74 Å². The Labute approximate surface area is 75.0 Å². The van der Waals surface area contributed by atoms with Gasteiger partial charge in [-0.3, -0.25) is 5.43 Å². The first kappa shape index (κ1) is 9.96. The fourth-order valence-corrected chi connectivity index (χ4v) is 1.70. The van der Waals surface area contributed by atoms with Gasteiger partial charge in [-0.15, -0.1) is 0 Å². The van der Waals surface area contributed by atoms with Gasteiger partial charge in [0, 0.05) is 32.3 Å². The van der Waals surface area contributed by atoms with Crippen molar-refractivity contribution in [1.29, 1.82) is 0 Å². The second kappa shape index (κ2) is 5.51. The van der Waals surface area contributed by atoms with Crippen molar-refractivity contribution in [3.8, 4) is 0 Å². The Morgan fingerprint density at radius 2 is 2.00 bits per heavy atom. The molecular formula is C9H20N2O. The molecule has 72 valence electrons. The molecule has 0 bridgehead atoms. The fourth-order valence-electron chi connectivity index (χ4n) is 1.70. The SMILES string of the molecule is CCNN(CC)C1CCOCC1. The highest BCUT2D eigenvalue weighted by molar-refractivity contribution is 4.70. The molecule has 0 amide bonds. The van der Waals surface area contributed by atoms with Crippen LogP contribution in [0.15, 0.2) is 0 Å². The molecule has 0 radical (unpaired) electrons. The summed E-state index contributed by atoms with van der Waals surface area (Å²) in [7, 11) is 0. The quantitative estimate of drug-likeness (QED) is 0.641.